The fourth-order valence-corrected chi connectivity index (χ4v) is 2.13. The van der Waals surface area contributed by atoms with Crippen molar-refractivity contribution in [3.63, 3.8) is 0 Å². The Kier molecular flexibility index (Phi) is 5.15. The number of rotatable bonds is 7. The first-order valence-electron chi connectivity index (χ1n) is 6.50. The first kappa shape index (κ1) is 13.8. The van der Waals surface area contributed by atoms with Gasteiger partial charge in [-0.15, -0.1) is 0 Å². The van der Waals surface area contributed by atoms with Crippen LogP contribution < -0.4 is 5.32 Å². The molecule has 0 radical (unpaired) electrons. The van der Waals surface area contributed by atoms with Crippen molar-refractivity contribution < 1.29 is 0 Å². The maximum Gasteiger partial charge on any atom is 0.137 e. The smallest absolute Gasteiger partial charge is 0.137 e. The molecule has 0 spiro atoms. The van der Waals surface area contributed by atoms with Gasteiger partial charge < -0.3 is 9.88 Å². The van der Waals surface area contributed by atoms with E-state index >= 15 is 0 Å². The standard InChI is InChI=1S/C13H18ClN5/c1-2-4-11-12(14)17-9-18-13(11)16-5-3-7-19-8-6-15-10-19/h6,8-10H,2-5,7H2,1H3,(H,16,17,18). The van der Waals surface area contributed by atoms with Crippen LogP contribution in [-0.2, 0) is 13.0 Å². The van der Waals surface area contributed by atoms with E-state index in [4.69, 9.17) is 11.6 Å². The molecular formula is C13H18ClN5. The van der Waals surface area contributed by atoms with Crippen LogP contribution in [0.5, 0.6) is 0 Å². The summed E-state index contributed by atoms with van der Waals surface area (Å²) in [4.78, 5) is 12.3. The predicted molar refractivity (Wildman–Crippen MR) is 76.4 cm³/mol. The average molecular weight is 280 g/mol. The zero-order valence-electron chi connectivity index (χ0n) is 11.0. The largest absolute Gasteiger partial charge is 0.370 e. The third-order valence-electron chi connectivity index (χ3n) is 2.84. The number of nitrogens with zero attached hydrogens (tertiary/aromatic N) is 4. The Bertz CT molecular complexity index is 498. The highest BCUT2D eigenvalue weighted by molar-refractivity contribution is 6.30. The van der Waals surface area contributed by atoms with Crippen molar-refractivity contribution in [3.05, 3.63) is 35.8 Å². The van der Waals surface area contributed by atoms with Gasteiger partial charge in [-0.1, -0.05) is 24.9 Å². The molecule has 0 aromatic carbocycles. The Morgan fingerprint density at radius 1 is 1.37 bits per heavy atom. The van der Waals surface area contributed by atoms with E-state index in [0.717, 1.165) is 43.7 Å². The summed E-state index contributed by atoms with van der Waals surface area (Å²) in [5, 5.41) is 3.88. The summed E-state index contributed by atoms with van der Waals surface area (Å²) in [7, 11) is 0. The van der Waals surface area contributed by atoms with Crippen LogP contribution in [0.3, 0.4) is 0 Å². The Balaban J connectivity index is 1.86. The normalized spacial score (nSPS) is 10.6. The molecule has 5 nitrogen and oxygen atoms in total. The first-order chi connectivity index (χ1) is 9.31. The van der Waals surface area contributed by atoms with Gasteiger partial charge in [0.25, 0.3) is 0 Å². The van der Waals surface area contributed by atoms with Crippen LogP contribution in [0, 0.1) is 0 Å². The quantitative estimate of drug-likeness (QED) is 0.625. The molecule has 102 valence electrons. The summed E-state index contributed by atoms with van der Waals surface area (Å²) in [6.07, 6.45) is 9.99. The van der Waals surface area contributed by atoms with E-state index < -0.39 is 0 Å². The molecule has 0 atom stereocenters. The van der Waals surface area contributed by atoms with Gasteiger partial charge in [-0.25, -0.2) is 15.0 Å². The van der Waals surface area contributed by atoms with E-state index in [2.05, 4.69) is 31.8 Å². The van der Waals surface area contributed by atoms with Gasteiger partial charge in [0.2, 0.25) is 0 Å². The van der Waals surface area contributed by atoms with Crippen LogP contribution in [0.15, 0.2) is 25.0 Å². The highest BCUT2D eigenvalue weighted by Gasteiger charge is 2.08. The molecule has 0 unspecified atom stereocenters. The molecule has 6 heteroatoms. The van der Waals surface area contributed by atoms with E-state index in [1.54, 1.807) is 6.20 Å². The highest BCUT2D eigenvalue weighted by Crippen LogP contribution is 2.21. The molecule has 0 fully saturated rings. The number of hydrogen-bond donors (Lipinski definition) is 1. The van der Waals surface area contributed by atoms with Crippen LogP contribution in [-0.4, -0.2) is 26.1 Å². The second kappa shape index (κ2) is 7.09. The van der Waals surface area contributed by atoms with Gasteiger partial charge in [0, 0.05) is 31.0 Å². The maximum atomic E-state index is 6.10. The Morgan fingerprint density at radius 3 is 3.00 bits per heavy atom. The molecule has 1 N–H and O–H groups in total. The number of hydrogen-bond acceptors (Lipinski definition) is 4. The van der Waals surface area contributed by atoms with Gasteiger partial charge in [-0.3, -0.25) is 0 Å². The van der Waals surface area contributed by atoms with Crippen molar-refractivity contribution in [2.24, 2.45) is 0 Å². The van der Waals surface area contributed by atoms with Gasteiger partial charge >= 0.3 is 0 Å². The summed E-state index contributed by atoms with van der Waals surface area (Å²) >= 11 is 6.10. The second-order valence-electron chi connectivity index (χ2n) is 4.32. The first-order valence-corrected chi connectivity index (χ1v) is 6.88. The average Bonchev–Trinajstić information content (AvgIpc) is 2.91. The molecule has 0 aliphatic carbocycles. The second-order valence-corrected chi connectivity index (χ2v) is 4.68. The van der Waals surface area contributed by atoms with Gasteiger partial charge in [-0.05, 0) is 12.8 Å². The molecule has 2 aromatic rings. The molecule has 19 heavy (non-hydrogen) atoms. The lowest BCUT2D eigenvalue weighted by Crippen LogP contribution is -2.09. The van der Waals surface area contributed by atoms with Crippen molar-refractivity contribution in [2.75, 3.05) is 11.9 Å². The lowest BCUT2D eigenvalue weighted by Gasteiger charge is -2.11. The Morgan fingerprint density at radius 2 is 2.26 bits per heavy atom. The van der Waals surface area contributed by atoms with E-state index in [-0.39, 0.29) is 0 Å². The minimum Gasteiger partial charge on any atom is -0.370 e. The predicted octanol–water partition coefficient (Wildman–Crippen LogP) is 2.78. The fraction of sp³-hybridized carbons (Fsp3) is 0.462. The van der Waals surface area contributed by atoms with Crippen molar-refractivity contribution >= 4 is 17.4 Å². The fourth-order valence-electron chi connectivity index (χ4n) is 1.90. The number of aryl methyl sites for hydroxylation is 1. The number of aromatic nitrogens is 4. The molecule has 0 amide bonds. The van der Waals surface area contributed by atoms with E-state index in [0.29, 0.717) is 5.15 Å². The third kappa shape index (κ3) is 3.92. The zero-order valence-corrected chi connectivity index (χ0v) is 11.8. The van der Waals surface area contributed by atoms with E-state index in [1.165, 1.54) is 6.33 Å². The Labute approximate surface area is 118 Å². The van der Waals surface area contributed by atoms with Crippen molar-refractivity contribution in [1.29, 1.82) is 0 Å². The molecule has 0 bridgehead atoms. The lowest BCUT2D eigenvalue weighted by molar-refractivity contribution is 0.659. The van der Waals surface area contributed by atoms with Crippen molar-refractivity contribution in [3.8, 4) is 0 Å². The van der Waals surface area contributed by atoms with Gasteiger partial charge in [0.15, 0.2) is 0 Å². The highest BCUT2D eigenvalue weighted by atomic mass is 35.5. The van der Waals surface area contributed by atoms with Crippen molar-refractivity contribution in [2.45, 2.75) is 32.7 Å². The molecule has 2 rings (SSSR count). The van der Waals surface area contributed by atoms with Crippen LogP contribution in [0.25, 0.3) is 0 Å². The maximum absolute atomic E-state index is 6.10. The van der Waals surface area contributed by atoms with Crippen LogP contribution in [0.1, 0.15) is 25.3 Å². The summed E-state index contributed by atoms with van der Waals surface area (Å²) in [6, 6.07) is 0. The molecule has 0 saturated carbocycles. The number of anilines is 1. The minimum absolute atomic E-state index is 0.550. The molecule has 0 aliphatic rings. The summed E-state index contributed by atoms with van der Waals surface area (Å²) in [5.74, 6) is 0.854. The van der Waals surface area contributed by atoms with Gasteiger partial charge in [0.1, 0.15) is 17.3 Å². The lowest BCUT2D eigenvalue weighted by atomic mass is 10.2. The number of halogens is 1. The third-order valence-corrected chi connectivity index (χ3v) is 3.16. The van der Waals surface area contributed by atoms with Gasteiger partial charge in [-0.2, -0.15) is 0 Å². The molecule has 0 saturated heterocycles. The summed E-state index contributed by atoms with van der Waals surface area (Å²) < 4.78 is 2.06. The summed E-state index contributed by atoms with van der Waals surface area (Å²) in [5.41, 5.74) is 1.01. The Hall–Kier alpha value is -1.62. The molecule has 2 heterocycles. The van der Waals surface area contributed by atoms with Crippen molar-refractivity contribution in [1.82, 2.24) is 19.5 Å². The van der Waals surface area contributed by atoms with Gasteiger partial charge in [0.05, 0.1) is 6.33 Å². The van der Waals surface area contributed by atoms with Crippen LogP contribution >= 0.6 is 11.6 Å². The van der Waals surface area contributed by atoms with Crippen LogP contribution in [0.4, 0.5) is 5.82 Å². The zero-order chi connectivity index (χ0) is 13.5. The molecule has 0 aliphatic heterocycles. The van der Waals surface area contributed by atoms with E-state index in [1.807, 2.05) is 12.5 Å². The molecular weight excluding hydrogens is 262 g/mol. The number of imidazole rings is 1. The summed E-state index contributed by atoms with van der Waals surface area (Å²) in [6.45, 7) is 3.91. The monoisotopic (exact) mass is 279 g/mol. The van der Waals surface area contributed by atoms with E-state index in [9.17, 15) is 0 Å². The SMILES string of the molecule is CCCc1c(Cl)ncnc1NCCCn1ccnc1. The number of nitrogens with one attached hydrogen (secondary N) is 1. The van der Waals surface area contributed by atoms with Crippen LogP contribution in [0.2, 0.25) is 5.15 Å². The topological polar surface area (TPSA) is 55.6 Å². The minimum atomic E-state index is 0.550. The molecule has 2 aromatic heterocycles.